The zero-order chi connectivity index (χ0) is 12.3. The third-order valence-corrected chi connectivity index (χ3v) is 4.10. The average molecular weight is 236 g/mol. The van der Waals surface area contributed by atoms with E-state index in [9.17, 15) is 5.26 Å². The van der Waals surface area contributed by atoms with E-state index in [1.165, 1.54) is 12.8 Å². The summed E-state index contributed by atoms with van der Waals surface area (Å²) in [5.41, 5.74) is -0.303. The van der Waals surface area contributed by atoms with Gasteiger partial charge in [0.2, 0.25) is 0 Å². The fraction of sp³-hybridized carbons (Fsp3) is 0.929. The van der Waals surface area contributed by atoms with Gasteiger partial charge >= 0.3 is 0 Å². The lowest BCUT2D eigenvalue weighted by Gasteiger charge is -2.39. The molecule has 0 radical (unpaired) electrons. The van der Waals surface area contributed by atoms with Crippen molar-refractivity contribution >= 4 is 0 Å². The molecule has 0 aromatic rings. The predicted octanol–water partition coefficient (Wildman–Crippen LogP) is 2.47. The van der Waals surface area contributed by atoms with E-state index in [4.69, 9.17) is 4.74 Å². The number of rotatable bonds is 3. The van der Waals surface area contributed by atoms with E-state index in [-0.39, 0.29) is 5.54 Å². The monoisotopic (exact) mass is 236 g/mol. The maximum atomic E-state index is 9.50. The van der Waals surface area contributed by atoms with Crippen molar-refractivity contribution in [2.75, 3.05) is 13.2 Å². The fourth-order valence-corrected chi connectivity index (χ4v) is 3.52. The molecule has 2 aliphatic rings. The van der Waals surface area contributed by atoms with Gasteiger partial charge in [-0.05, 0) is 43.9 Å². The molecule has 2 fully saturated rings. The second-order valence-electron chi connectivity index (χ2n) is 6.06. The molecule has 0 bridgehead atoms. The summed E-state index contributed by atoms with van der Waals surface area (Å²) in [6.45, 7) is 6.25. The second-order valence-corrected chi connectivity index (χ2v) is 6.06. The zero-order valence-corrected chi connectivity index (χ0v) is 11.0. The summed E-state index contributed by atoms with van der Waals surface area (Å²) in [5, 5.41) is 13.0. The second kappa shape index (κ2) is 5.37. The Labute approximate surface area is 105 Å². The molecule has 96 valence electrons. The van der Waals surface area contributed by atoms with E-state index in [2.05, 4.69) is 25.2 Å². The molecule has 1 aliphatic heterocycles. The normalized spacial score (nSPS) is 42.3. The fourth-order valence-electron chi connectivity index (χ4n) is 3.52. The standard InChI is InChI=1S/C14H24N2O/c1-11-6-12(2)8-14(7-11,10-15)16-9-13-4-3-5-17-13/h11-13,16H,3-9H2,1-2H3. The van der Waals surface area contributed by atoms with Gasteiger partial charge in [-0.25, -0.2) is 0 Å². The van der Waals surface area contributed by atoms with Gasteiger partial charge in [0.25, 0.3) is 0 Å². The molecule has 0 amide bonds. The largest absolute Gasteiger partial charge is 0.377 e. The minimum Gasteiger partial charge on any atom is -0.377 e. The zero-order valence-electron chi connectivity index (χ0n) is 11.0. The Kier molecular flexibility index (Phi) is 4.06. The van der Waals surface area contributed by atoms with E-state index >= 15 is 0 Å². The Balaban J connectivity index is 1.91. The van der Waals surface area contributed by atoms with Crippen molar-refractivity contribution in [3.8, 4) is 6.07 Å². The van der Waals surface area contributed by atoms with Crippen LogP contribution in [-0.2, 0) is 4.74 Å². The van der Waals surface area contributed by atoms with Gasteiger partial charge in [-0.2, -0.15) is 5.26 Å². The van der Waals surface area contributed by atoms with Gasteiger partial charge in [0.1, 0.15) is 5.54 Å². The number of nitrogens with one attached hydrogen (secondary N) is 1. The molecular weight excluding hydrogens is 212 g/mol. The number of nitriles is 1. The van der Waals surface area contributed by atoms with Crippen LogP contribution in [-0.4, -0.2) is 24.8 Å². The van der Waals surface area contributed by atoms with Crippen LogP contribution in [0.4, 0.5) is 0 Å². The van der Waals surface area contributed by atoms with Crippen LogP contribution in [0, 0.1) is 23.2 Å². The van der Waals surface area contributed by atoms with Crippen LogP contribution in [0.1, 0.15) is 46.0 Å². The highest BCUT2D eigenvalue weighted by molar-refractivity contribution is 5.10. The van der Waals surface area contributed by atoms with Crippen molar-refractivity contribution in [1.29, 1.82) is 5.26 Å². The molecule has 17 heavy (non-hydrogen) atoms. The lowest BCUT2D eigenvalue weighted by Crippen LogP contribution is -2.51. The summed E-state index contributed by atoms with van der Waals surface area (Å²) in [5.74, 6) is 1.30. The van der Waals surface area contributed by atoms with E-state index in [0.717, 1.165) is 32.4 Å². The molecule has 1 saturated carbocycles. The Hall–Kier alpha value is -0.590. The Bertz CT molecular complexity index is 281. The molecular formula is C14H24N2O. The van der Waals surface area contributed by atoms with E-state index in [1.807, 2.05) is 0 Å². The lowest BCUT2D eigenvalue weighted by molar-refractivity contribution is 0.0942. The molecule has 2 rings (SSSR count). The molecule has 0 spiro atoms. The maximum absolute atomic E-state index is 9.50. The first-order valence-corrected chi connectivity index (χ1v) is 6.91. The molecule has 0 aromatic carbocycles. The summed E-state index contributed by atoms with van der Waals surface area (Å²) in [4.78, 5) is 0. The molecule has 1 saturated heterocycles. The van der Waals surface area contributed by atoms with Gasteiger partial charge in [-0.1, -0.05) is 13.8 Å². The van der Waals surface area contributed by atoms with Crippen molar-refractivity contribution in [3.05, 3.63) is 0 Å². The van der Waals surface area contributed by atoms with Crippen molar-refractivity contribution in [3.63, 3.8) is 0 Å². The average Bonchev–Trinajstić information content (AvgIpc) is 2.78. The molecule has 3 nitrogen and oxygen atoms in total. The number of nitrogens with zero attached hydrogens (tertiary/aromatic N) is 1. The molecule has 3 unspecified atom stereocenters. The summed E-state index contributed by atoms with van der Waals surface area (Å²) >= 11 is 0. The van der Waals surface area contributed by atoms with Crippen LogP contribution in [0.3, 0.4) is 0 Å². The summed E-state index contributed by atoms with van der Waals surface area (Å²) < 4.78 is 5.62. The van der Waals surface area contributed by atoms with Gasteiger partial charge in [0, 0.05) is 13.2 Å². The number of hydrogen-bond acceptors (Lipinski definition) is 3. The van der Waals surface area contributed by atoms with E-state index in [0.29, 0.717) is 17.9 Å². The minimum absolute atomic E-state index is 0.303. The SMILES string of the molecule is CC1CC(C)CC(C#N)(NCC2CCCO2)C1. The number of ether oxygens (including phenoxy) is 1. The van der Waals surface area contributed by atoms with Crippen molar-refractivity contribution in [2.24, 2.45) is 11.8 Å². The predicted molar refractivity (Wildman–Crippen MR) is 67.5 cm³/mol. The molecule has 1 N–H and O–H groups in total. The highest BCUT2D eigenvalue weighted by Gasteiger charge is 2.38. The van der Waals surface area contributed by atoms with Gasteiger partial charge in [0.15, 0.2) is 0 Å². The van der Waals surface area contributed by atoms with Crippen molar-refractivity contribution in [1.82, 2.24) is 5.32 Å². The van der Waals surface area contributed by atoms with Crippen LogP contribution in [0.5, 0.6) is 0 Å². The maximum Gasteiger partial charge on any atom is 0.107 e. The van der Waals surface area contributed by atoms with Gasteiger partial charge in [0.05, 0.1) is 12.2 Å². The molecule has 3 atom stereocenters. The Morgan fingerprint density at radius 1 is 1.35 bits per heavy atom. The van der Waals surface area contributed by atoms with Gasteiger partial charge < -0.3 is 4.74 Å². The Morgan fingerprint density at radius 3 is 2.59 bits per heavy atom. The van der Waals surface area contributed by atoms with E-state index < -0.39 is 0 Å². The smallest absolute Gasteiger partial charge is 0.107 e. The van der Waals surface area contributed by atoms with Crippen molar-refractivity contribution in [2.45, 2.75) is 57.6 Å². The van der Waals surface area contributed by atoms with Crippen LogP contribution in [0.2, 0.25) is 0 Å². The summed E-state index contributed by atoms with van der Waals surface area (Å²) in [6.07, 6.45) is 5.86. The topological polar surface area (TPSA) is 45.0 Å². The first-order valence-electron chi connectivity index (χ1n) is 6.91. The first-order chi connectivity index (χ1) is 8.13. The van der Waals surface area contributed by atoms with Gasteiger partial charge in [-0.3, -0.25) is 5.32 Å². The van der Waals surface area contributed by atoms with Crippen LogP contribution < -0.4 is 5.32 Å². The quantitative estimate of drug-likeness (QED) is 0.818. The first kappa shape index (κ1) is 12.9. The minimum atomic E-state index is -0.303. The van der Waals surface area contributed by atoms with Crippen LogP contribution >= 0.6 is 0 Å². The third kappa shape index (κ3) is 3.20. The third-order valence-electron chi connectivity index (χ3n) is 4.10. The molecule has 1 heterocycles. The molecule has 3 heteroatoms. The van der Waals surface area contributed by atoms with E-state index in [1.54, 1.807) is 0 Å². The molecule has 0 aromatic heterocycles. The highest BCUT2D eigenvalue weighted by atomic mass is 16.5. The Morgan fingerprint density at radius 2 is 2.06 bits per heavy atom. The van der Waals surface area contributed by atoms with Gasteiger partial charge in [-0.15, -0.1) is 0 Å². The highest BCUT2D eigenvalue weighted by Crippen LogP contribution is 2.35. The number of hydrogen-bond donors (Lipinski definition) is 1. The van der Waals surface area contributed by atoms with Crippen molar-refractivity contribution < 1.29 is 4.74 Å². The van der Waals surface area contributed by atoms with Crippen LogP contribution in [0.15, 0.2) is 0 Å². The van der Waals surface area contributed by atoms with Crippen LogP contribution in [0.25, 0.3) is 0 Å². The summed E-state index contributed by atoms with van der Waals surface area (Å²) in [6, 6.07) is 2.54. The summed E-state index contributed by atoms with van der Waals surface area (Å²) in [7, 11) is 0. The lowest BCUT2D eigenvalue weighted by atomic mass is 9.72. The molecule has 1 aliphatic carbocycles.